The monoisotopic (exact) mass is 301 g/mol. The van der Waals surface area contributed by atoms with Gasteiger partial charge >= 0.3 is 0 Å². The highest BCUT2D eigenvalue weighted by Gasteiger charge is 2.09. The zero-order valence-corrected chi connectivity index (χ0v) is 12.4. The molecule has 6 heteroatoms. The smallest absolute Gasteiger partial charge is 0.195 e. The third-order valence-corrected chi connectivity index (χ3v) is 3.49. The number of ether oxygens (including phenoxy) is 1. The molecular formula is C15H15N3O2S. The maximum atomic E-state index is 5.82. The zero-order chi connectivity index (χ0) is 14.7. The molecule has 0 fully saturated rings. The number of benzene rings is 1. The molecule has 0 unspecified atom stereocenters. The van der Waals surface area contributed by atoms with Crippen LogP contribution in [0.5, 0.6) is 5.75 Å². The van der Waals surface area contributed by atoms with E-state index < -0.39 is 0 Å². The Morgan fingerprint density at radius 2 is 2.14 bits per heavy atom. The van der Waals surface area contributed by atoms with Crippen LogP contribution in [0.15, 0.2) is 47.1 Å². The van der Waals surface area contributed by atoms with E-state index in [-0.39, 0.29) is 0 Å². The first kappa shape index (κ1) is 13.6. The molecule has 0 spiro atoms. The van der Waals surface area contributed by atoms with Crippen LogP contribution in [0, 0.1) is 11.7 Å². The van der Waals surface area contributed by atoms with Gasteiger partial charge in [0.25, 0.3) is 0 Å². The number of nitrogens with zero attached hydrogens (tertiary/aromatic N) is 2. The molecule has 108 valence electrons. The van der Waals surface area contributed by atoms with E-state index in [1.54, 1.807) is 6.26 Å². The Labute approximate surface area is 127 Å². The van der Waals surface area contributed by atoms with E-state index in [4.69, 9.17) is 21.4 Å². The fraction of sp³-hybridized carbons (Fsp3) is 0.200. The predicted molar refractivity (Wildman–Crippen MR) is 80.7 cm³/mol. The number of rotatable bonds is 5. The van der Waals surface area contributed by atoms with Crippen LogP contribution in [-0.2, 0) is 13.2 Å². The molecule has 0 aliphatic rings. The van der Waals surface area contributed by atoms with Crippen molar-refractivity contribution in [3.8, 4) is 5.75 Å². The van der Waals surface area contributed by atoms with Gasteiger partial charge in [-0.15, -0.1) is 0 Å². The first-order valence-corrected chi connectivity index (χ1v) is 7.00. The SMILES string of the molecule is Cc1ccccc1OCc1n[nH]c(=S)n1Cc1ccco1. The lowest BCUT2D eigenvalue weighted by molar-refractivity contribution is 0.286. The van der Waals surface area contributed by atoms with Crippen LogP contribution >= 0.6 is 12.2 Å². The summed E-state index contributed by atoms with van der Waals surface area (Å²) in [5, 5.41) is 7.01. The molecule has 0 amide bonds. The van der Waals surface area contributed by atoms with E-state index in [1.807, 2.05) is 47.9 Å². The van der Waals surface area contributed by atoms with E-state index in [1.165, 1.54) is 0 Å². The molecule has 1 N–H and O–H groups in total. The molecule has 21 heavy (non-hydrogen) atoms. The van der Waals surface area contributed by atoms with Crippen molar-refractivity contribution in [1.29, 1.82) is 0 Å². The van der Waals surface area contributed by atoms with Crippen LogP contribution in [0.2, 0.25) is 0 Å². The van der Waals surface area contributed by atoms with Crippen molar-refractivity contribution in [3.63, 3.8) is 0 Å². The Bertz CT molecular complexity index is 774. The summed E-state index contributed by atoms with van der Waals surface area (Å²) in [7, 11) is 0. The van der Waals surface area contributed by atoms with Crippen molar-refractivity contribution in [3.05, 3.63) is 64.6 Å². The van der Waals surface area contributed by atoms with Gasteiger partial charge in [0.05, 0.1) is 12.8 Å². The predicted octanol–water partition coefficient (Wildman–Crippen LogP) is 3.47. The van der Waals surface area contributed by atoms with Crippen LogP contribution in [0.3, 0.4) is 0 Å². The molecule has 1 aromatic carbocycles. The Morgan fingerprint density at radius 3 is 2.90 bits per heavy atom. The number of nitrogens with one attached hydrogen (secondary N) is 1. The standard InChI is InChI=1S/C15H15N3O2S/c1-11-5-2-3-7-13(11)20-10-14-16-17-15(21)18(14)9-12-6-4-8-19-12/h2-8H,9-10H2,1H3,(H,17,21). The zero-order valence-electron chi connectivity index (χ0n) is 11.6. The van der Waals surface area contributed by atoms with Crippen molar-refractivity contribution in [1.82, 2.24) is 14.8 Å². The van der Waals surface area contributed by atoms with E-state index >= 15 is 0 Å². The minimum absolute atomic E-state index is 0.346. The van der Waals surface area contributed by atoms with Gasteiger partial charge in [0, 0.05) is 0 Å². The molecule has 2 heterocycles. The highest BCUT2D eigenvalue weighted by atomic mass is 32.1. The fourth-order valence-electron chi connectivity index (χ4n) is 2.04. The Balaban J connectivity index is 1.77. The highest BCUT2D eigenvalue weighted by molar-refractivity contribution is 7.71. The second kappa shape index (κ2) is 5.97. The lowest BCUT2D eigenvalue weighted by Crippen LogP contribution is -2.08. The number of aromatic amines is 1. The fourth-order valence-corrected chi connectivity index (χ4v) is 2.26. The van der Waals surface area contributed by atoms with E-state index in [9.17, 15) is 0 Å². The van der Waals surface area contributed by atoms with E-state index in [0.717, 1.165) is 22.9 Å². The molecule has 0 atom stereocenters. The first-order chi connectivity index (χ1) is 10.2. The molecular weight excluding hydrogens is 286 g/mol. The summed E-state index contributed by atoms with van der Waals surface area (Å²) in [5.41, 5.74) is 1.09. The molecule has 0 bridgehead atoms. The lowest BCUT2D eigenvalue weighted by atomic mass is 10.2. The van der Waals surface area contributed by atoms with Crippen LogP contribution in [0.4, 0.5) is 0 Å². The largest absolute Gasteiger partial charge is 0.485 e. The number of H-pyrrole nitrogens is 1. The van der Waals surface area contributed by atoms with Gasteiger partial charge in [-0.05, 0) is 42.9 Å². The van der Waals surface area contributed by atoms with Gasteiger partial charge in [0.15, 0.2) is 10.6 Å². The summed E-state index contributed by atoms with van der Waals surface area (Å²) in [4.78, 5) is 0. The minimum atomic E-state index is 0.346. The molecule has 3 rings (SSSR count). The molecule has 3 aromatic rings. The first-order valence-electron chi connectivity index (χ1n) is 6.59. The Kier molecular flexibility index (Phi) is 3.87. The number of para-hydroxylation sites is 1. The quantitative estimate of drug-likeness (QED) is 0.733. The van der Waals surface area contributed by atoms with Crippen molar-refractivity contribution >= 4 is 12.2 Å². The normalized spacial score (nSPS) is 10.7. The number of furan rings is 1. The number of aryl methyl sites for hydroxylation is 1. The van der Waals surface area contributed by atoms with Crippen molar-refractivity contribution in [2.24, 2.45) is 0 Å². The van der Waals surface area contributed by atoms with Gasteiger partial charge in [0.2, 0.25) is 0 Å². The summed E-state index contributed by atoms with van der Waals surface area (Å²) < 4.78 is 13.6. The topological polar surface area (TPSA) is 56.0 Å². The van der Waals surface area contributed by atoms with Crippen molar-refractivity contribution in [2.75, 3.05) is 0 Å². The summed E-state index contributed by atoms with van der Waals surface area (Å²) in [6, 6.07) is 11.6. The number of hydrogen-bond acceptors (Lipinski definition) is 4. The van der Waals surface area contributed by atoms with Crippen molar-refractivity contribution < 1.29 is 9.15 Å². The maximum Gasteiger partial charge on any atom is 0.195 e. The molecule has 0 radical (unpaired) electrons. The van der Waals surface area contributed by atoms with Crippen LogP contribution in [0.1, 0.15) is 17.1 Å². The molecule has 2 aromatic heterocycles. The molecule has 0 saturated heterocycles. The van der Waals surface area contributed by atoms with Crippen LogP contribution < -0.4 is 4.74 Å². The third-order valence-electron chi connectivity index (χ3n) is 3.18. The maximum absolute atomic E-state index is 5.82. The average Bonchev–Trinajstić information content (AvgIpc) is 3.11. The van der Waals surface area contributed by atoms with Crippen LogP contribution in [0.25, 0.3) is 0 Å². The van der Waals surface area contributed by atoms with Gasteiger partial charge in [-0.3, -0.25) is 9.67 Å². The van der Waals surface area contributed by atoms with E-state index in [2.05, 4.69) is 10.2 Å². The highest BCUT2D eigenvalue weighted by Crippen LogP contribution is 2.17. The van der Waals surface area contributed by atoms with Gasteiger partial charge < -0.3 is 9.15 Å². The third kappa shape index (κ3) is 3.05. The van der Waals surface area contributed by atoms with Gasteiger partial charge in [0.1, 0.15) is 18.1 Å². The van der Waals surface area contributed by atoms with E-state index in [0.29, 0.717) is 17.9 Å². The van der Waals surface area contributed by atoms with Crippen LogP contribution in [-0.4, -0.2) is 14.8 Å². The number of hydrogen-bond donors (Lipinski definition) is 1. The van der Waals surface area contributed by atoms with Gasteiger partial charge in [-0.25, -0.2) is 0 Å². The van der Waals surface area contributed by atoms with Gasteiger partial charge in [-0.2, -0.15) is 5.10 Å². The van der Waals surface area contributed by atoms with Crippen molar-refractivity contribution in [2.45, 2.75) is 20.1 Å². The average molecular weight is 301 g/mol. The summed E-state index contributed by atoms with van der Waals surface area (Å²) in [6.07, 6.45) is 1.64. The second-order valence-corrected chi connectivity index (χ2v) is 5.05. The minimum Gasteiger partial charge on any atom is -0.485 e. The summed E-state index contributed by atoms with van der Waals surface area (Å²) in [5.74, 6) is 2.40. The molecule has 0 aliphatic heterocycles. The molecule has 0 aliphatic carbocycles. The molecule has 0 saturated carbocycles. The lowest BCUT2D eigenvalue weighted by Gasteiger charge is -2.09. The number of aromatic nitrogens is 3. The van der Waals surface area contributed by atoms with Gasteiger partial charge in [-0.1, -0.05) is 18.2 Å². The second-order valence-electron chi connectivity index (χ2n) is 4.66. The Hall–Kier alpha value is -2.34. The summed E-state index contributed by atoms with van der Waals surface area (Å²) >= 11 is 5.25. The Morgan fingerprint density at radius 1 is 1.29 bits per heavy atom. The molecule has 5 nitrogen and oxygen atoms in total. The summed E-state index contributed by atoms with van der Waals surface area (Å²) in [6.45, 7) is 2.89.